The van der Waals surface area contributed by atoms with Crippen LogP contribution in [0.25, 0.3) is 0 Å². The third-order valence-corrected chi connectivity index (χ3v) is 2.95. The predicted octanol–water partition coefficient (Wildman–Crippen LogP) is 5.17. The zero-order valence-electron chi connectivity index (χ0n) is 10.7. The molecule has 1 nitrogen and oxygen atoms in total. The molecule has 0 saturated heterocycles. The van der Waals surface area contributed by atoms with Crippen molar-refractivity contribution in [2.45, 2.75) is 12.8 Å². The minimum absolute atomic E-state index is 0.629. The summed E-state index contributed by atoms with van der Waals surface area (Å²) in [6.07, 6.45) is 12.9. The lowest BCUT2D eigenvalue weighted by atomic mass is 10.0. The molecule has 0 saturated carbocycles. The molecule has 1 aromatic carbocycles. The highest BCUT2D eigenvalue weighted by molar-refractivity contribution is 9.11. The number of nitrogens with zero attached hydrogens (tertiary/aromatic N) is 1. The summed E-state index contributed by atoms with van der Waals surface area (Å²) in [7, 11) is 0. The van der Waals surface area contributed by atoms with E-state index in [2.05, 4.69) is 51.8 Å². The second kappa shape index (κ2) is 7.05. The first-order valence-corrected chi connectivity index (χ1v) is 7.08. The fourth-order valence-corrected chi connectivity index (χ4v) is 2.06. The van der Waals surface area contributed by atoms with Crippen molar-refractivity contribution in [3.63, 3.8) is 0 Å². The van der Waals surface area contributed by atoms with Crippen LogP contribution in [0.2, 0.25) is 0 Å². The molecule has 0 unspecified atom stereocenters. The molecule has 0 bridgehead atoms. The number of allylic oxidation sites excluding steroid dienone is 6. The molecule has 19 heavy (non-hydrogen) atoms. The summed E-state index contributed by atoms with van der Waals surface area (Å²) in [5.41, 5.74) is 3.22. The predicted molar refractivity (Wildman–Crippen MR) is 86.6 cm³/mol. The largest absolute Gasteiger partial charge is 0.242 e. The van der Waals surface area contributed by atoms with Gasteiger partial charge in [-0.15, -0.1) is 0 Å². The van der Waals surface area contributed by atoms with Crippen LogP contribution in [0.1, 0.15) is 18.4 Å². The van der Waals surface area contributed by atoms with E-state index in [9.17, 15) is 0 Å². The first-order valence-electron chi connectivity index (χ1n) is 6.29. The average molecular weight is 314 g/mol. The Bertz CT molecular complexity index is 562. The van der Waals surface area contributed by atoms with Gasteiger partial charge in [-0.2, -0.15) is 0 Å². The Morgan fingerprint density at radius 2 is 2.00 bits per heavy atom. The summed E-state index contributed by atoms with van der Waals surface area (Å²) in [5, 5.41) is 0. The van der Waals surface area contributed by atoms with Gasteiger partial charge in [0.15, 0.2) is 0 Å². The Morgan fingerprint density at radius 3 is 2.63 bits per heavy atom. The van der Waals surface area contributed by atoms with Gasteiger partial charge in [-0.1, -0.05) is 61.2 Å². The third kappa shape index (κ3) is 4.49. The van der Waals surface area contributed by atoms with Crippen LogP contribution in [0.15, 0.2) is 82.5 Å². The molecule has 1 aromatic rings. The fourth-order valence-electron chi connectivity index (χ4n) is 1.87. The first kappa shape index (κ1) is 13.8. The molecule has 0 spiro atoms. The van der Waals surface area contributed by atoms with Crippen molar-refractivity contribution in [1.29, 1.82) is 0 Å². The average Bonchev–Trinajstić information content (AvgIpc) is 2.45. The summed E-state index contributed by atoms with van der Waals surface area (Å²) in [6, 6.07) is 10.1. The van der Waals surface area contributed by atoms with Gasteiger partial charge in [0.2, 0.25) is 0 Å². The van der Waals surface area contributed by atoms with E-state index in [1.807, 2.05) is 36.4 Å². The number of aliphatic imine (C=N–C) groups is 1. The molecule has 2 heteroatoms. The Kier molecular flexibility index (Phi) is 5.10. The van der Waals surface area contributed by atoms with Gasteiger partial charge < -0.3 is 0 Å². The van der Waals surface area contributed by atoms with Gasteiger partial charge in [0, 0.05) is 5.56 Å². The fraction of sp³-hybridized carbons (Fsp3) is 0.118. The summed E-state index contributed by atoms with van der Waals surface area (Å²) in [5.74, 6) is 0. The van der Waals surface area contributed by atoms with E-state index in [1.54, 1.807) is 0 Å². The molecular formula is C17H16BrN. The van der Waals surface area contributed by atoms with Gasteiger partial charge in [-0.25, -0.2) is 4.99 Å². The minimum atomic E-state index is 0.629. The van der Waals surface area contributed by atoms with E-state index in [1.165, 1.54) is 5.57 Å². The molecule has 0 radical (unpaired) electrons. The van der Waals surface area contributed by atoms with Crippen LogP contribution in [0.5, 0.6) is 0 Å². The zero-order chi connectivity index (χ0) is 13.5. The summed E-state index contributed by atoms with van der Waals surface area (Å²) < 4.78 is 0.629. The Morgan fingerprint density at radius 1 is 1.21 bits per heavy atom. The second-order valence-corrected chi connectivity index (χ2v) is 5.17. The van der Waals surface area contributed by atoms with Crippen LogP contribution in [0.3, 0.4) is 0 Å². The molecule has 0 aromatic heterocycles. The quantitative estimate of drug-likeness (QED) is 0.537. The van der Waals surface area contributed by atoms with E-state index in [0.29, 0.717) is 4.61 Å². The molecule has 2 rings (SSSR count). The zero-order valence-corrected chi connectivity index (χ0v) is 12.3. The van der Waals surface area contributed by atoms with Crippen molar-refractivity contribution in [2.24, 2.45) is 4.99 Å². The highest BCUT2D eigenvalue weighted by atomic mass is 79.9. The van der Waals surface area contributed by atoms with Crippen molar-refractivity contribution in [3.05, 3.63) is 83.0 Å². The SMILES string of the molecule is C=C(Br)/N=C(\C=C\C1=CCCC=C1)c1ccccc1. The number of halogens is 1. The summed E-state index contributed by atoms with van der Waals surface area (Å²) in [4.78, 5) is 4.43. The number of hydrogen-bond acceptors (Lipinski definition) is 1. The standard InChI is InChI=1S/C17H16BrN/c1-14(18)19-17(16-10-6-3-7-11-16)13-12-15-8-4-2-5-9-15/h3-4,6-13H,1-2,5H2/b13-12+,19-17+. The lowest BCUT2D eigenvalue weighted by Gasteiger charge is -2.03. The molecule has 0 N–H and O–H groups in total. The molecule has 0 heterocycles. The smallest absolute Gasteiger partial charge is 0.0991 e. The number of hydrogen-bond donors (Lipinski definition) is 0. The first-order chi connectivity index (χ1) is 9.25. The van der Waals surface area contributed by atoms with Crippen molar-refractivity contribution < 1.29 is 0 Å². The molecule has 0 fully saturated rings. The molecule has 0 atom stereocenters. The van der Waals surface area contributed by atoms with Crippen LogP contribution in [0, 0.1) is 0 Å². The topological polar surface area (TPSA) is 12.4 Å². The maximum Gasteiger partial charge on any atom is 0.0991 e. The van der Waals surface area contributed by atoms with Crippen LogP contribution >= 0.6 is 15.9 Å². The van der Waals surface area contributed by atoms with Gasteiger partial charge >= 0.3 is 0 Å². The van der Waals surface area contributed by atoms with E-state index < -0.39 is 0 Å². The second-order valence-electron chi connectivity index (χ2n) is 4.26. The Hall–Kier alpha value is -1.67. The molecule has 1 aliphatic carbocycles. The van der Waals surface area contributed by atoms with Gasteiger partial charge in [0.25, 0.3) is 0 Å². The Labute approximate surface area is 122 Å². The van der Waals surface area contributed by atoms with Crippen molar-refractivity contribution in [3.8, 4) is 0 Å². The normalized spacial score (nSPS) is 15.6. The van der Waals surface area contributed by atoms with Crippen LogP contribution < -0.4 is 0 Å². The monoisotopic (exact) mass is 313 g/mol. The van der Waals surface area contributed by atoms with Crippen molar-refractivity contribution in [2.75, 3.05) is 0 Å². The van der Waals surface area contributed by atoms with E-state index in [-0.39, 0.29) is 0 Å². The maximum absolute atomic E-state index is 4.43. The van der Waals surface area contributed by atoms with E-state index in [4.69, 9.17) is 0 Å². The number of rotatable bonds is 4. The lowest BCUT2D eigenvalue weighted by Crippen LogP contribution is -1.96. The molecule has 0 amide bonds. The van der Waals surface area contributed by atoms with Crippen molar-refractivity contribution >= 4 is 21.6 Å². The van der Waals surface area contributed by atoms with Crippen LogP contribution in [-0.2, 0) is 0 Å². The van der Waals surface area contributed by atoms with Gasteiger partial charge in [-0.3, -0.25) is 0 Å². The third-order valence-electron chi connectivity index (χ3n) is 2.77. The maximum atomic E-state index is 4.43. The molecule has 1 aliphatic rings. The van der Waals surface area contributed by atoms with Crippen LogP contribution in [-0.4, -0.2) is 5.71 Å². The molecule has 96 valence electrons. The summed E-state index contributed by atoms with van der Waals surface area (Å²) >= 11 is 3.29. The van der Waals surface area contributed by atoms with E-state index >= 15 is 0 Å². The summed E-state index contributed by atoms with van der Waals surface area (Å²) in [6.45, 7) is 3.78. The lowest BCUT2D eigenvalue weighted by molar-refractivity contribution is 1.03. The highest BCUT2D eigenvalue weighted by Crippen LogP contribution is 2.13. The van der Waals surface area contributed by atoms with Crippen molar-refractivity contribution in [1.82, 2.24) is 0 Å². The highest BCUT2D eigenvalue weighted by Gasteiger charge is 2.00. The number of benzene rings is 1. The van der Waals surface area contributed by atoms with Gasteiger partial charge in [0.05, 0.1) is 10.3 Å². The van der Waals surface area contributed by atoms with Gasteiger partial charge in [0.1, 0.15) is 0 Å². The van der Waals surface area contributed by atoms with E-state index in [0.717, 1.165) is 24.1 Å². The minimum Gasteiger partial charge on any atom is -0.242 e. The van der Waals surface area contributed by atoms with Gasteiger partial charge in [-0.05, 0) is 40.4 Å². The Balaban J connectivity index is 2.25. The van der Waals surface area contributed by atoms with Crippen LogP contribution in [0.4, 0.5) is 0 Å². The molecular weight excluding hydrogens is 298 g/mol. The molecule has 0 aliphatic heterocycles.